The Morgan fingerprint density at radius 2 is 1.32 bits per heavy atom. The highest BCUT2D eigenvalue weighted by Crippen LogP contribution is 2.29. The first-order valence-electron chi connectivity index (χ1n) is 8.80. The maximum Gasteiger partial charge on any atom is 0.212 e. The molecule has 2 atom stereocenters. The largest absolute Gasteiger partial charge is 0.379 e. The molecule has 0 saturated heterocycles. The fourth-order valence-electron chi connectivity index (χ4n) is 1.78. The molecule has 0 spiro atoms. The third kappa shape index (κ3) is 13.0. The van der Waals surface area contributed by atoms with Gasteiger partial charge in [0.25, 0.3) is 0 Å². The lowest BCUT2D eigenvalue weighted by atomic mass is 9.97. The molecule has 0 heterocycles. The molecule has 0 bridgehead atoms. The van der Waals surface area contributed by atoms with E-state index in [-0.39, 0.29) is 17.2 Å². The molecule has 0 aromatic carbocycles. The molecule has 0 aromatic rings. The minimum atomic E-state index is -0.956. The van der Waals surface area contributed by atoms with Crippen LogP contribution in [0, 0.1) is 0 Å². The van der Waals surface area contributed by atoms with Crippen molar-refractivity contribution < 1.29 is 14.5 Å². The molecular weight excluding hydrogens is 320 g/mol. The van der Waals surface area contributed by atoms with Crippen LogP contribution in [-0.2, 0) is 14.5 Å². The van der Waals surface area contributed by atoms with Gasteiger partial charge in [0.05, 0.1) is 23.2 Å². The van der Waals surface area contributed by atoms with E-state index in [9.17, 15) is 0 Å². The molecule has 0 rings (SSSR count). The molecule has 0 aliphatic carbocycles. The molecule has 0 fully saturated rings. The van der Waals surface area contributed by atoms with Crippen molar-refractivity contribution >= 4 is 0 Å². The molecule has 0 aliphatic rings. The average Bonchev–Trinajstić information content (AvgIpc) is 2.41. The van der Waals surface area contributed by atoms with E-state index in [1.807, 2.05) is 69.2 Å². The number of hydrogen-bond acceptors (Lipinski definition) is 7. The van der Waals surface area contributed by atoms with Gasteiger partial charge in [-0.15, -0.1) is 0 Å². The molecule has 25 heavy (non-hydrogen) atoms. The lowest BCUT2D eigenvalue weighted by Gasteiger charge is -2.33. The second-order valence-electron chi connectivity index (χ2n) is 9.27. The third-order valence-corrected chi connectivity index (χ3v) is 2.97. The van der Waals surface area contributed by atoms with Gasteiger partial charge in [-0.05, 0) is 69.2 Å². The van der Waals surface area contributed by atoms with E-state index in [1.165, 1.54) is 0 Å². The van der Waals surface area contributed by atoms with Crippen LogP contribution in [0.15, 0.2) is 20.5 Å². The summed E-state index contributed by atoms with van der Waals surface area (Å²) in [7, 11) is 1.66. The van der Waals surface area contributed by atoms with Gasteiger partial charge in [0.15, 0.2) is 0 Å². The first kappa shape index (κ1) is 24.1. The van der Waals surface area contributed by atoms with Gasteiger partial charge in [-0.1, -0.05) is 0 Å². The van der Waals surface area contributed by atoms with Crippen LogP contribution in [0.3, 0.4) is 0 Å². The van der Waals surface area contributed by atoms with Crippen LogP contribution >= 0.6 is 0 Å². The fourth-order valence-corrected chi connectivity index (χ4v) is 1.78. The third-order valence-electron chi connectivity index (χ3n) is 2.97. The molecule has 2 unspecified atom stereocenters. The van der Waals surface area contributed by atoms with Crippen LogP contribution in [0.1, 0.15) is 75.7 Å². The Balaban J connectivity index is 4.95. The first-order valence-corrected chi connectivity index (χ1v) is 8.80. The molecule has 0 saturated carbocycles. The smallest absolute Gasteiger partial charge is 0.212 e. The van der Waals surface area contributed by atoms with Crippen LogP contribution in [0.5, 0.6) is 0 Å². The normalized spacial score (nSPS) is 18.0. The number of hydrogen-bond donors (Lipinski definition) is 0. The quantitative estimate of drug-likeness (QED) is 0.316. The number of rotatable bonds is 9. The summed E-state index contributed by atoms with van der Waals surface area (Å²) in [6.07, 6.45) is 0.243. The summed E-state index contributed by atoms with van der Waals surface area (Å²) < 4.78 is 5.50. The molecule has 0 aliphatic heterocycles. The van der Waals surface area contributed by atoms with Crippen molar-refractivity contribution in [2.45, 2.75) is 104 Å². The Morgan fingerprint density at radius 1 is 0.800 bits per heavy atom. The second-order valence-corrected chi connectivity index (χ2v) is 9.27. The van der Waals surface area contributed by atoms with E-state index in [0.29, 0.717) is 13.0 Å². The van der Waals surface area contributed by atoms with Gasteiger partial charge in [-0.2, -0.15) is 20.5 Å². The predicted octanol–water partition coefficient (Wildman–Crippen LogP) is 5.36. The zero-order valence-corrected chi connectivity index (χ0v) is 18.0. The number of nitrogens with zero attached hydrogens (tertiary/aromatic N) is 4. The van der Waals surface area contributed by atoms with Crippen molar-refractivity contribution in [2.24, 2.45) is 20.5 Å². The van der Waals surface area contributed by atoms with E-state index >= 15 is 0 Å². The van der Waals surface area contributed by atoms with Gasteiger partial charge in [0.1, 0.15) is 6.10 Å². The summed E-state index contributed by atoms with van der Waals surface area (Å²) in [5.41, 5.74) is -1.88. The molecule has 0 N–H and O–H groups in total. The minimum Gasteiger partial charge on any atom is -0.379 e. The van der Waals surface area contributed by atoms with Crippen molar-refractivity contribution in [3.8, 4) is 0 Å². The summed E-state index contributed by atoms with van der Waals surface area (Å²) in [4.78, 5) is 11.2. The predicted molar refractivity (Wildman–Crippen MR) is 99.8 cm³/mol. The Morgan fingerprint density at radius 3 is 1.76 bits per heavy atom. The highest BCUT2D eigenvalue weighted by Gasteiger charge is 2.36. The van der Waals surface area contributed by atoms with Crippen LogP contribution in [0.2, 0.25) is 0 Å². The second kappa shape index (κ2) is 9.14. The van der Waals surface area contributed by atoms with E-state index in [1.54, 1.807) is 7.11 Å². The summed E-state index contributed by atoms with van der Waals surface area (Å²) in [5.74, 6) is 0. The van der Waals surface area contributed by atoms with Crippen molar-refractivity contribution in [1.29, 1.82) is 0 Å². The van der Waals surface area contributed by atoms with Crippen LogP contribution < -0.4 is 0 Å². The lowest BCUT2D eigenvalue weighted by Crippen LogP contribution is -2.39. The van der Waals surface area contributed by atoms with Gasteiger partial charge in [-0.3, -0.25) is 0 Å². The van der Waals surface area contributed by atoms with E-state index in [4.69, 9.17) is 14.5 Å². The zero-order chi connectivity index (χ0) is 19.9. The Hall–Kier alpha value is -0.920. The van der Waals surface area contributed by atoms with E-state index in [0.717, 1.165) is 0 Å². The standard InChI is InChI=1S/C18H38N4O3/c1-14(12-19-20-15(2,3)4)24-25-18(10,13-17(8,9)23-11)22-21-16(5,6)7/h14H,12-13H2,1-11H3. The highest BCUT2D eigenvalue weighted by molar-refractivity contribution is 4.82. The first-order chi connectivity index (χ1) is 11.1. The van der Waals surface area contributed by atoms with Gasteiger partial charge >= 0.3 is 0 Å². The molecule has 0 radical (unpaired) electrons. The Bertz CT molecular complexity index is 450. The van der Waals surface area contributed by atoms with Crippen LogP contribution in [0.25, 0.3) is 0 Å². The number of azo groups is 2. The SMILES string of the molecule is COC(C)(C)CC(C)(N=NC(C)(C)C)OOC(C)CN=NC(C)(C)C. The maximum atomic E-state index is 5.67. The average molecular weight is 359 g/mol. The molecule has 7 heteroatoms. The van der Waals surface area contributed by atoms with E-state index in [2.05, 4.69) is 20.5 Å². The van der Waals surface area contributed by atoms with Crippen molar-refractivity contribution in [3.05, 3.63) is 0 Å². The zero-order valence-electron chi connectivity index (χ0n) is 18.0. The Kier molecular flexibility index (Phi) is 8.81. The molecular formula is C18H38N4O3. The van der Waals surface area contributed by atoms with Gasteiger partial charge in [0, 0.05) is 13.5 Å². The summed E-state index contributed by atoms with van der Waals surface area (Å²) in [6.45, 7) is 20.0. The fraction of sp³-hybridized carbons (Fsp3) is 1.00. The monoisotopic (exact) mass is 358 g/mol. The molecule has 0 aromatic heterocycles. The molecule has 0 amide bonds. The summed E-state index contributed by atoms with van der Waals surface area (Å²) in [6, 6.07) is 0. The maximum absolute atomic E-state index is 5.67. The Labute approximate surface area is 153 Å². The summed E-state index contributed by atoms with van der Waals surface area (Å²) in [5, 5.41) is 17.1. The topological polar surface area (TPSA) is 77.1 Å². The highest BCUT2D eigenvalue weighted by atomic mass is 17.2. The van der Waals surface area contributed by atoms with Crippen LogP contribution in [0.4, 0.5) is 0 Å². The summed E-state index contributed by atoms with van der Waals surface area (Å²) >= 11 is 0. The van der Waals surface area contributed by atoms with Gasteiger partial charge in [-0.25, -0.2) is 9.78 Å². The number of methoxy groups -OCH3 is 1. The van der Waals surface area contributed by atoms with E-state index < -0.39 is 11.3 Å². The number of ether oxygens (including phenoxy) is 1. The minimum absolute atomic E-state index is 0.196. The van der Waals surface area contributed by atoms with Crippen molar-refractivity contribution in [3.63, 3.8) is 0 Å². The van der Waals surface area contributed by atoms with Crippen molar-refractivity contribution in [2.75, 3.05) is 13.7 Å². The molecule has 148 valence electrons. The molecule has 7 nitrogen and oxygen atoms in total. The van der Waals surface area contributed by atoms with Crippen molar-refractivity contribution in [1.82, 2.24) is 0 Å². The van der Waals surface area contributed by atoms with Gasteiger partial charge < -0.3 is 4.74 Å². The van der Waals surface area contributed by atoms with Gasteiger partial charge in [0.2, 0.25) is 5.72 Å². The van der Waals surface area contributed by atoms with Crippen LogP contribution in [-0.4, -0.2) is 42.2 Å². The lowest BCUT2D eigenvalue weighted by molar-refractivity contribution is -0.382.